The molecular formula is C22H24N2O4. The van der Waals surface area contributed by atoms with E-state index in [1.807, 2.05) is 30.9 Å². The molecule has 1 saturated heterocycles. The van der Waals surface area contributed by atoms with E-state index >= 15 is 0 Å². The lowest BCUT2D eigenvalue weighted by Gasteiger charge is -2.20. The number of fused-ring (bicyclic) bond motifs is 1. The molecule has 0 unspecified atom stereocenters. The minimum atomic E-state index is -0.212. The van der Waals surface area contributed by atoms with Gasteiger partial charge in [0.15, 0.2) is 11.5 Å². The third-order valence-corrected chi connectivity index (χ3v) is 5.25. The van der Waals surface area contributed by atoms with Crippen molar-refractivity contribution in [3.05, 3.63) is 52.6 Å². The average Bonchev–Trinajstić information content (AvgIpc) is 3.23. The maximum Gasteiger partial charge on any atom is 0.256 e. The van der Waals surface area contributed by atoms with Gasteiger partial charge >= 0.3 is 0 Å². The first-order valence-electron chi connectivity index (χ1n) is 9.64. The lowest BCUT2D eigenvalue weighted by Crippen LogP contribution is -2.27. The molecule has 0 radical (unpaired) electrons. The minimum absolute atomic E-state index is 0.0566. The van der Waals surface area contributed by atoms with E-state index in [-0.39, 0.29) is 11.8 Å². The van der Waals surface area contributed by atoms with Gasteiger partial charge in [-0.2, -0.15) is 0 Å². The normalized spacial score (nSPS) is 15.4. The number of likely N-dealkylation sites (tertiary alicyclic amines) is 1. The Kier molecular flexibility index (Phi) is 4.94. The quantitative estimate of drug-likeness (QED) is 0.884. The lowest BCUT2D eigenvalue weighted by atomic mass is 10.1. The van der Waals surface area contributed by atoms with Crippen molar-refractivity contribution in [2.75, 3.05) is 31.6 Å². The second kappa shape index (κ2) is 7.54. The topological polar surface area (TPSA) is 67.9 Å². The molecular weight excluding hydrogens is 356 g/mol. The molecule has 0 aromatic heterocycles. The number of ether oxygens (including phenoxy) is 2. The molecule has 0 saturated carbocycles. The lowest BCUT2D eigenvalue weighted by molar-refractivity contribution is 0.0792. The van der Waals surface area contributed by atoms with Gasteiger partial charge in [0.25, 0.3) is 11.8 Å². The molecule has 146 valence electrons. The highest BCUT2D eigenvalue weighted by atomic mass is 16.6. The van der Waals surface area contributed by atoms with Crippen molar-refractivity contribution in [3.63, 3.8) is 0 Å². The minimum Gasteiger partial charge on any atom is -0.486 e. The molecule has 1 N–H and O–H groups in total. The van der Waals surface area contributed by atoms with E-state index in [9.17, 15) is 9.59 Å². The van der Waals surface area contributed by atoms with Crippen LogP contribution in [0.25, 0.3) is 0 Å². The maximum atomic E-state index is 12.8. The van der Waals surface area contributed by atoms with Gasteiger partial charge in [0.2, 0.25) is 0 Å². The van der Waals surface area contributed by atoms with Gasteiger partial charge in [0.05, 0.1) is 0 Å². The molecule has 2 amide bonds. The van der Waals surface area contributed by atoms with Crippen LogP contribution in [0.4, 0.5) is 5.69 Å². The molecule has 2 aromatic carbocycles. The van der Waals surface area contributed by atoms with Crippen LogP contribution in [0.5, 0.6) is 11.5 Å². The molecule has 4 rings (SSSR count). The molecule has 2 aromatic rings. The number of nitrogens with zero attached hydrogens (tertiary/aromatic N) is 1. The van der Waals surface area contributed by atoms with E-state index in [1.54, 1.807) is 18.2 Å². The molecule has 1 fully saturated rings. The molecule has 2 aliphatic heterocycles. The highest BCUT2D eigenvalue weighted by Gasteiger charge is 2.21. The molecule has 0 bridgehead atoms. The zero-order chi connectivity index (χ0) is 19.7. The van der Waals surface area contributed by atoms with Gasteiger partial charge in [-0.15, -0.1) is 0 Å². The van der Waals surface area contributed by atoms with Crippen molar-refractivity contribution in [3.8, 4) is 11.5 Å². The van der Waals surface area contributed by atoms with Crippen LogP contribution < -0.4 is 14.8 Å². The summed E-state index contributed by atoms with van der Waals surface area (Å²) < 4.78 is 11.1. The fourth-order valence-corrected chi connectivity index (χ4v) is 3.66. The third-order valence-electron chi connectivity index (χ3n) is 5.25. The van der Waals surface area contributed by atoms with Gasteiger partial charge in [-0.1, -0.05) is 0 Å². The van der Waals surface area contributed by atoms with E-state index in [0.717, 1.165) is 37.1 Å². The van der Waals surface area contributed by atoms with E-state index < -0.39 is 0 Å². The van der Waals surface area contributed by atoms with Crippen LogP contribution in [0.15, 0.2) is 30.3 Å². The first kappa shape index (κ1) is 18.3. The molecule has 0 spiro atoms. The number of benzene rings is 2. The molecule has 2 aliphatic rings. The highest BCUT2D eigenvalue weighted by molar-refractivity contribution is 6.06. The van der Waals surface area contributed by atoms with E-state index in [2.05, 4.69) is 5.32 Å². The van der Waals surface area contributed by atoms with Gasteiger partial charge in [-0.3, -0.25) is 9.59 Å². The van der Waals surface area contributed by atoms with Crippen LogP contribution in [0.2, 0.25) is 0 Å². The number of aryl methyl sites for hydroxylation is 2. The Bertz CT molecular complexity index is 932. The van der Waals surface area contributed by atoms with Crippen LogP contribution in [0.3, 0.4) is 0 Å². The fourth-order valence-electron chi connectivity index (χ4n) is 3.66. The largest absolute Gasteiger partial charge is 0.486 e. The first-order valence-corrected chi connectivity index (χ1v) is 9.64. The summed E-state index contributed by atoms with van der Waals surface area (Å²) in [5, 5.41) is 2.95. The Labute approximate surface area is 164 Å². The summed E-state index contributed by atoms with van der Waals surface area (Å²) >= 11 is 0. The van der Waals surface area contributed by atoms with Crippen LogP contribution in [-0.2, 0) is 0 Å². The summed E-state index contributed by atoms with van der Waals surface area (Å²) in [6.07, 6.45) is 2.13. The fraction of sp³-hybridized carbons (Fsp3) is 0.364. The first-order chi connectivity index (χ1) is 13.5. The Balaban J connectivity index is 1.52. The SMILES string of the molecule is Cc1cc(C(=O)N2CCCC2)ccc1NC(=O)c1cc2c(cc1C)OCCO2. The average molecular weight is 380 g/mol. The number of anilines is 1. The number of rotatable bonds is 3. The Morgan fingerprint density at radius 3 is 2.29 bits per heavy atom. The molecule has 2 heterocycles. The van der Waals surface area contributed by atoms with Crippen LogP contribution >= 0.6 is 0 Å². The number of hydrogen-bond acceptors (Lipinski definition) is 4. The summed E-state index contributed by atoms with van der Waals surface area (Å²) in [6, 6.07) is 8.96. The van der Waals surface area contributed by atoms with E-state index in [1.165, 1.54) is 0 Å². The van der Waals surface area contributed by atoms with Crippen molar-refractivity contribution in [2.45, 2.75) is 26.7 Å². The highest BCUT2D eigenvalue weighted by Crippen LogP contribution is 2.33. The van der Waals surface area contributed by atoms with Crippen molar-refractivity contribution >= 4 is 17.5 Å². The predicted molar refractivity (Wildman–Crippen MR) is 106 cm³/mol. The Morgan fingerprint density at radius 2 is 1.61 bits per heavy atom. The van der Waals surface area contributed by atoms with Crippen LogP contribution in [0, 0.1) is 13.8 Å². The van der Waals surface area contributed by atoms with E-state index in [0.29, 0.717) is 41.5 Å². The number of nitrogens with one attached hydrogen (secondary N) is 1. The molecule has 6 heteroatoms. The summed E-state index contributed by atoms with van der Waals surface area (Å²) in [5.74, 6) is 1.10. The monoisotopic (exact) mass is 380 g/mol. The zero-order valence-corrected chi connectivity index (χ0v) is 16.2. The molecule has 0 atom stereocenters. The van der Waals surface area contributed by atoms with Crippen molar-refractivity contribution < 1.29 is 19.1 Å². The number of amides is 2. The number of carbonyl (C=O) groups is 2. The van der Waals surface area contributed by atoms with Crippen LogP contribution in [0.1, 0.15) is 44.7 Å². The molecule has 6 nitrogen and oxygen atoms in total. The van der Waals surface area contributed by atoms with Gasteiger partial charge < -0.3 is 19.7 Å². The molecule has 28 heavy (non-hydrogen) atoms. The second-order valence-electron chi connectivity index (χ2n) is 7.29. The van der Waals surface area contributed by atoms with Gasteiger partial charge in [0, 0.05) is 29.9 Å². The number of carbonyl (C=O) groups excluding carboxylic acids is 2. The van der Waals surface area contributed by atoms with Crippen molar-refractivity contribution in [1.29, 1.82) is 0 Å². The smallest absolute Gasteiger partial charge is 0.256 e. The standard InChI is InChI=1S/C22H24N2O4/c1-14-12-19-20(28-10-9-27-19)13-17(14)21(25)23-18-6-5-16(11-15(18)2)22(26)24-7-3-4-8-24/h5-6,11-13H,3-4,7-10H2,1-2H3,(H,23,25). The van der Waals surface area contributed by atoms with Crippen molar-refractivity contribution in [2.24, 2.45) is 0 Å². The van der Waals surface area contributed by atoms with Gasteiger partial charge in [-0.05, 0) is 68.1 Å². The third kappa shape index (κ3) is 3.54. The van der Waals surface area contributed by atoms with Gasteiger partial charge in [0.1, 0.15) is 13.2 Å². The Hall–Kier alpha value is -3.02. The van der Waals surface area contributed by atoms with Crippen LogP contribution in [-0.4, -0.2) is 43.0 Å². The second-order valence-corrected chi connectivity index (χ2v) is 7.29. The maximum absolute atomic E-state index is 12.8. The van der Waals surface area contributed by atoms with E-state index in [4.69, 9.17) is 9.47 Å². The summed E-state index contributed by atoms with van der Waals surface area (Å²) in [6.45, 7) is 6.40. The molecule has 0 aliphatic carbocycles. The Morgan fingerprint density at radius 1 is 0.929 bits per heavy atom. The summed E-state index contributed by atoms with van der Waals surface area (Å²) in [7, 11) is 0. The predicted octanol–water partition coefficient (Wildman–Crippen LogP) is 3.56. The summed E-state index contributed by atoms with van der Waals surface area (Å²) in [5.41, 5.74) is 3.57. The van der Waals surface area contributed by atoms with Gasteiger partial charge in [-0.25, -0.2) is 0 Å². The zero-order valence-electron chi connectivity index (χ0n) is 16.2. The van der Waals surface area contributed by atoms with Crippen molar-refractivity contribution in [1.82, 2.24) is 4.90 Å². The number of hydrogen-bond donors (Lipinski definition) is 1. The summed E-state index contributed by atoms with van der Waals surface area (Å²) in [4.78, 5) is 27.2.